The summed E-state index contributed by atoms with van der Waals surface area (Å²) in [4.78, 5) is 22.8. The first-order valence-electron chi connectivity index (χ1n) is 14.6. The number of carbonyl (C=O) groups is 1. The molecule has 1 heterocycles. The van der Waals surface area contributed by atoms with Gasteiger partial charge < -0.3 is 24.4 Å². The Hall–Kier alpha value is -3.11. The van der Waals surface area contributed by atoms with Gasteiger partial charge in [0.2, 0.25) is 0 Å². The Bertz CT molecular complexity index is 1130. The molecule has 0 bridgehead atoms. The summed E-state index contributed by atoms with van der Waals surface area (Å²) in [5, 5.41) is 33.2. The minimum atomic E-state index is -1.26. The van der Waals surface area contributed by atoms with E-state index in [9.17, 15) is 25.1 Å². The van der Waals surface area contributed by atoms with Crippen LogP contribution in [0, 0.1) is 10.1 Å². The van der Waals surface area contributed by atoms with E-state index in [-0.39, 0.29) is 24.0 Å². The molecule has 3 rings (SSSR count). The Kier molecular flexibility index (Phi) is 12.9. The van der Waals surface area contributed by atoms with Gasteiger partial charge in [-0.15, -0.1) is 0 Å². The lowest BCUT2D eigenvalue weighted by Crippen LogP contribution is -2.44. The fourth-order valence-corrected chi connectivity index (χ4v) is 4.78. The smallest absolute Gasteiger partial charge is 0.338 e. The molecule has 0 saturated heterocycles. The minimum Gasteiger partial charge on any atom is -0.459 e. The molecule has 224 valence electrons. The van der Waals surface area contributed by atoms with Crippen LogP contribution in [-0.4, -0.2) is 52.3 Å². The summed E-state index contributed by atoms with van der Waals surface area (Å²) in [6.07, 6.45) is 6.89. The fourth-order valence-electron chi connectivity index (χ4n) is 4.78. The maximum atomic E-state index is 12.5. The van der Waals surface area contributed by atoms with Gasteiger partial charge in [0, 0.05) is 12.1 Å². The summed E-state index contributed by atoms with van der Waals surface area (Å²) >= 11 is 0. The number of ether oxygens (including phenoxy) is 3. The average molecular weight is 570 g/mol. The summed E-state index contributed by atoms with van der Waals surface area (Å²) in [5.41, 5.74) is 2.12. The largest absolute Gasteiger partial charge is 0.459 e. The molecular weight excluding hydrogens is 526 g/mol. The van der Waals surface area contributed by atoms with E-state index in [1.165, 1.54) is 68.4 Å². The molecule has 2 aromatic rings. The number of rotatable bonds is 16. The first-order valence-corrected chi connectivity index (χ1v) is 14.6. The molecule has 4 atom stereocenters. The Morgan fingerprint density at radius 1 is 1.00 bits per heavy atom. The number of non-ortho nitro benzene ring substituents is 1. The second-order valence-corrected chi connectivity index (χ2v) is 10.8. The molecule has 0 radical (unpaired) electrons. The first kappa shape index (κ1) is 32.4. The monoisotopic (exact) mass is 569 g/mol. The van der Waals surface area contributed by atoms with Crippen molar-refractivity contribution < 1.29 is 34.1 Å². The van der Waals surface area contributed by atoms with Crippen molar-refractivity contribution in [1.82, 2.24) is 0 Å². The van der Waals surface area contributed by atoms with Crippen molar-refractivity contribution in [3.05, 3.63) is 87.0 Å². The SMILES string of the molecule is CCCCCCCCCc1ccc([C@@H](O)C2=C[C@@H](OC(C)C)O[C@H](COC(=O)c3ccc([N+](=O)[O-])cc3)[C@H]2O)cc1. The Balaban J connectivity index is 1.62. The molecule has 0 aromatic heterocycles. The molecule has 9 nitrogen and oxygen atoms in total. The van der Waals surface area contributed by atoms with Crippen LogP contribution in [0.2, 0.25) is 0 Å². The van der Waals surface area contributed by atoms with Gasteiger partial charge in [-0.3, -0.25) is 10.1 Å². The van der Waals surface area contributed by atoms with Crippen LogP contribution in [-0.2, 0) is 20.6 Å². The topological polar surface area (TPSA) is 128 Å². The molecule has 2 N–H and O–H groups in total. The maximum absolute atomic E-state index is 12.5. The van der Waals surface area contributed by atoms with Crippen molar-refractivity contribution in [2.45, 2.75) is 103 Å². The van der Waals surface area contributed by atoms with Crippen molar-refractivity contribution in [2.75, 3.05) is 6.61 Å². The molecule has 1 aliphatic rings. The molecule has 0 spiro atoms. The number of aliphatic hydroxyl groups excluding tert-OH is 2. The van der Waals surface area contributed by atoms with Gasteiger partial charge in [-0.05, 0) is 61.6 Å². The van der Waals surface area contributed by atoms with Gasteiger partial charge in [0.15, 0.2) is 6.29 Å². The number of benzene rings is 2. The van der Waals surface area contributed by atoms with Gasteiger partial charge in [0.1, 0.15) is 24.9 Å². The van der Waals surface area contributed by atoms with Crippen LogP contribution in [0.15, 0.2) is 60.2 Å². The summed E-state index contributed by atoms with van der Waals surface area (Å²) in [7, 11) is 0. The van der Waals surface area contributed by atoms with E-state index < -0.39 is 35.5 Å². The normalized spacial score (nSPS) is 19.6. The standard InChI is InChI=1S/C32H43NO8/c1-4-5-6-7-8-9-10-11-23-12-14-24(15-13-23)30(34)27-20-29(40-22(2)3)41-28(31(27)35)21-39-32(36)25-16-18-26(19-17-25)33(37)38/h12-20,22,28-31,34-35H,4-11,21H2,1-3H3/t28-,29+,30-,31+/m1/s1. The number of carbonyl (C=O) groups excluding carboxylic acids is 1. The van der Waals surface area contributed by atoms with Gasteiger partial charge in [-0.25, -0.2) is 4.79 Å². The molecule has 1 aliphatic heterocycles. The van der Waals surface area contributed by atoms with Crippen LogP contribution in [0.25, 0.3) is 0 Å². The van der Waals surface area contributed by atoms with Crippen molar-refractivity contribution >= 4 is 11.7 Å². The van der Waals surface area contributed by atoms with Crippen molar-refractivity contribution in [3.63, 3.8) is 0 Å². The summed E-state index contributed by atoms with van der Waals surface area (Å²) in [6.45, 7) is 5.59. The molecule has 0 saturated carbocycles. The minimum absolute atomic E-state index is 0.128. The van der Waals surface area contributed by atoms with Gasteiger partial charge in [0.05, 0.1) is 16.6 Å². The molecule has 0 unspecified atom stereocenters. The predicted octanol–water partition coefficient (Wildman–Crippen LogP) is 6.22. The Morgan fingerprint density at radius 2 is 1.63 bits per heavy atom. The number of hydrogen-bond donors (Lipinski definition) is 2. The van der Waals surface area contributed by atoms with Crippen LogP contribution in [0.1, 0.15) is 93.3 Å². The fraction of sp³-hybridized carbons (Fsp3) is 0.531. The average Bonchev–Trinajstić information content (AvgIpc) is 2.96. The first-order chi connectivity index (χ1) is 19.7. The summed E-state index contributed by atoms with van der Waals surface area (Å²) < 4.78 is 17.0. The van der Waals surface area contributed by atoms with Crippen LogP contribution in [0.5, 0.6) is 0 Å². The number of nitro groups is 1. The zero-order valence-corrected chi connectivity index (χ0v) is 24.2. The highest BCUT2D eigenvalue weighted by molar-refractivity contribution is 5.89. The molecule has 0 fully saturated rings. The van der Waals surface area contributed by atoms with Gasteiger partial charge in [-0.1, -0.05) is 69.7 Å². The highest BCUT2D eigenvalue weighted by Crippen LogP contribution is 2.32. The van der Waals surface area contributed by atoms with Crippen LogP contribution >= 0.6 is 0 Å². The van der Waals surface area contributed by atoms with Gasteiger partial charge >= 0.3 is 5.97 Å². The Labute approximate surface area is 242 Å². The van der Waals surface area contributed by atoms with E-state index in [1.54, 1.807) is 6.08 Å². The Morgan fingerprint density at radius 3 is 2.24 bits per heavy atom. The second-order valence-electron chi connectivity index (χ2n) is 10.8. The highest BCUT2D eigenvalue weighted by Gasteiger charge is 2.36. The molecule has 9 heteroatoms. The lowest BCUT2D eigenvalue weighted by Gasteiger charge is -2.35. The highest BCUT2D eigenvalue weighted by atomic mass is 16.7. The van der Waals surface area contributed by atoms with Gasteiger partial charge in [-0.2, -0.15) is 0 Å². The number of nitro benzene ring substituents is 1. The third-order valence-corrected chi connectivity index (χ3v) is 7.11. The van der Waals surface area contributed by atoms with E-state index in [0.29, 0.717) is 11.1 Å². The number of nitrogens with zero attached hydrogens (tertiary/aromatic N) is 1. The number of hydrogen-bond acceptors (Lipinski definition) is 8. The van der Waals surface area contributed by atoms with Crippen molar-refractivity contribution in [1.29, 1.82) is 0 Å². The van der Waals surface area contributed by atoms with E-state index in [2.05, 4.69) is 6.92 Å². The molecule has 41 heavy (non-hydrogen) atoms. The summed E-state index contributed by atoms with van der Waals surface area (Å²) in [6, 6.07) is 12.8. The zero-order chi connectivity index (χ0) is 29.8. The molecule has 0 amide bonds. The summed E-state index contributed by atoms with van der Waals surface area (Å²) in [5.74, 6) is -0.717. The van der Waals surface area contributed by atoms with E-state index in [4.69, 9.17) is 14.2 Å². The van der Waals surface area contributed by atoms with E-state index in [1.807, 2.05) is 38.1 Å². The number of unbranched alkanes of at least 4 members (excludes halogenated alkanes) is 6. The van der Waals surface area contributed by atoms with Crippen molar-refractivity contribution in [2.24, 2.45) is 0 Å². The van der Waals surface area contributed by atoms with E-state index in [0.717, 1.165) is 12.8 Å². The third kappa shape index (κ3) is 10.0. The van der Waals surface area contributed by atoms with Crippen LogP contribution in [0.3, 0.4) is 0 Å². The maximum Gasteiger partial charge on any atom is 0.338 e. The lowest BCUT2D eigenvalue weighted by atomic mass is 9.91. The molecule has 0 aliphatic carbocycles. The van der Waals surface area contributed by atoms with Crippen LogP contribution in [0.4, 0.5) is 5.69 Å². The third-order valence-electron chi connectivity index (χ3n) is 7.11. The second kappa shape index (κ2) is 16.4. The predicted molar refractivity (Wildman–Crippen MR) is 155 cm³/mol. The number of esters is 1. The molecular formula is C32H43NO8. The molecule has 2 aromatic carbocycles. The van der Waals surface area contributed by atoms with Crippen LogP contribution < -0.4 is 0 Å². The van der Waals surface area contributed by atoms with Crippen molar-refractivity contribution in [3.8, 4) is 0 Å². The van der Waals surface area contributed by atoms with Gasteiger partial charge in [0.25, 0.3) is 5.69 Å². The number of aliphatic hydroxyl groups is 2. The quantitative estimate of drug-likeness (QED) is 0.0802. The lowest BCUT2D eigenvalue weighted by molar-refractivity contribution is -0.384. The van der Waals surface area contributed by atoms with E-state index >= 15 is 0 Å². The number of aryl methyl sites for hydroxylation is 1. The zero-order valence-electron chi connectivity index (χ0n) is 24.2.